The van der Waals surface area contributed by atoms with Gasteiger partial charge in [-0.15, -0.1) is 0 Å². The van der Waals surface area contributed by atoms with Crippen molar-refractivity contribution in [2.24, 2.45) is 0 Å². The van der Waals surface area contributed by atoms with Gasteiger partial charge in [-0.25, -0.2) is 9.37 Å². The van der Waals surface area contributed by atoms with E-state index in [1.165, 1.54) is 23.9 Å². The lowest BCUT2D eigenvalue weighted by atomic mass is 10.2. The first-order chi connectivity index (χ1) is 16.6. The van der Waals surface area contributed by atoms with E-state index in [4.69, 9.17) is 23.7 Å². The Morgan fingerprint density at radius 1 is 1.15 bits per heavy atom. The number of halogens is 1. The van der Waals surface area contributed by atoms with Crippen LogP contribution < -0.4 is 15.0 Å². The number of thioether (sulfide) groups is 1. The Labute approximate surface area is 196 Å². The molecule has 4 aromatic rings. The van der Waals surface area contributed by atoms with Gasteiger partial charge in [0.25, 0.3) is 5.56 Å². The van der Waals surface area contributed by atoms with Gasteiger partial charge in [-0.1, -0.05) is 29.1 Å². The topological polar surface area (TPSA) is 102 Å². The Balaban J connectivity index is 1.32. The van der Waals surface area contributed by atoms with Gasteiger partial charge in [0, 0.05) is 18.2 Å². The zero-order valence-corrected chi connectivity index (χ0v) is 18.7. The van der Waals surface area contributed by atoms with E-state index in [0.29, 0.717) is 58.0 Å². The molecule has 6 rings (SSSR count). The quantitative estimate of drug-likeness (QED) is 0.300. The van der Waals surface area contributed by atoms with Gasteiger partial charge in [-0.2, -0.15) is 4.98 Å². The van der Waals surface area contributed by atoms with Gasteiger partial charge in [0.2, 0.25) is 18.5 Å². The van der Waals surface area contributed by atoms with Gasteiger partial charge in [-0.05, 0) is 31.0 Å². The van der Waals surface area contributed by atoms with Crippen LogP contribution in [-0.2, 0) is 17.0 Å². The number of aromatic nitrogens is 4. The fourth-order valence-corrected chi connectivity index (χ4v) is 4.88. The lowest BCUT2D eigenvalue weighted by Gasteiger charge is -2.16. The van der Waals surface area contributed by atoms with E-state index in [-0.39, 0.29) is 30.0 Å². The van der Waals surface area contributed by atoms with E-state index in [9.17, 15) is 9.18 Å². The van der Waals surface area contributed by atoms with Crippen LogP contribution >= 0.6 is 11.8 Å². The zero-order valence-electron chi connectivity index (χ0n) is 17.9. The standard InChI is InChI=1S/C23H19FN4O5S/c24-14-4-1-3-13(7-14)21-26-20(33-27-21)11-34-23-25-17-9-19-18(31-12-32-19)8-16(17)22(29)28(23)10-15-5-2-6-30-15/h1,3-4,7-9,15H,2,5-6,10-12H2. The summed E-state index contributed by atoms with van der Waals surface area (Å²) in [6.45, 7) is 1.20. The van der Waals surface area contributed by atoms with E-state index in [1.807, 2.05) is 0 Å². The molecule has 2 aromatic carbocycles. The smallest absolute Gasteiger partial charge is 0.262 e. The Hall–Kier alpha value is -3.44. The SMILES string of the molecule is O=c1c2cc3c(cc2nc(SCc2nc(-c4cccc(F)c4)no2)n1CC1CCCO1)OCO3. The molecule has 9 nitrogen and oxygen atoms in total. The first-order valence-corrected chi connectivity index (χ1v) is 11.8. The number of nitrogens with zero attached hydrogens (tertiary/aromatic N) is 4. The summed E-state index contributed by atoms with van der Waals surface area (Å²) in [5.74, 6) is 1.64. The fraction of sp³-hybridized carbons (Fsp3) is 0.304. The summed E-state index contributed by atoms with van der Waals surface area (Å²) in [7, 11) is 0. The Kier molecular flexibility index (Phi) is 5.42. The third-order valence-corrected chi connectivity index (χ3v) is 6.66. The molecule has 1 unspecified atom stereocenters. The van der Waals surface area contributed by atoms with Crippen molar-refractivity contribution in [3.63, 3.8) is 0 Å². The average molecular weight is 482 g/mol. The molecular formula is C23H19FN4O5S. The lowest BCUT2D eigenvalue weighted by Crippen LogP contribution is -2.28. The molecule has 0 aliphatic carbocycles. The molecule has 174 valence electrons. The molecule has 1 saturated heterocycles. The summed E-state index contributed by atoms with van der Waals surface area (Å²) >= 11 is 1.31. The molecule has 11 heteroatoms. The molecule has 2 aliphatic heterocycles. The van der Waals surface area contributed by atoms with Gasteiger partial charge in [0.05, 0.1) is 29.3 Å². The largest absolute Gasteiger partial charge is 0.454 e. The Morgan fingerprint density at radius 2 is 2.03 bits per heavy atom. The monoisotopic (exact) mass is 482 g/mol. The first-order valence-electron chi connectivity index (χ1n) is 10.8. The number of rotatable bonds is 6. The van der Waals surface area contributed by atoms with Crippen molar-refractivity contribution in [3.8, 4) is 22.9 Å². The van der Waals surface area contributed by atoms with Gasteiger partial charge in [-0.3, -0.25) is 9.36 Å². The maximum atomic E-state index is 13.5. The normalized spacial score (nSPS) is 17.0. The summed E-state index contributed by atoms with van der Waals surface area (Å²) < 4.78 is 37.2. The maximum absolute atomic E-state index is 13.5. The molecule has 1 fully saturated rings. The number of ether oxygens (including phenoxy) is 3. The van der Waals surface area contributed by atoms with E-state index in [1.54, 1.807) is 28.8 Å². The number of fused-ring (bicyclic) bond motifs is 2. The second-order valence-electron chi connectivity index (χ2n) is 7.98. The van der Waals surface area contributed by atoms with Gasteiger partial charge < -0.3 is 18.7 Å². The molecular weight excluding hydrogens is 463 g/mol. The predicted molar refractivity (Wildman–Crippen MR) is 120 cm³/mol. The van der Waals surface area contributed by atoms with Crippen LogP contribution in [0.4, 0.5) is 4.39 Å². The van der Waals surface area contributed by atoms with Crippen LogP contribution in [0.1, 0.15) is 18.7 Å². The van der Waals surface area contributed by atoms with Crippen molar-refractivity contribution in [3.05, 3.63) is 58.5 Å². The molecule has 0 N–H and O–H groups in total. The minimum absolute atomic E-state index is 0.0479. The Bertz CT molecular complexity index is 1430. The van der Waals surface area contributed by atoms with Gasteiger partial charge in [0.1, 0.15) is 5.82 Å². The Morgan fingerprint density at radius 3 is 2.85 bits per heavy atom. The minimum atomic E-state index is -0.377. The van der Waals surface area contributed by atoms with Crippen molar-refractivity contribution in [1.82, 2.24) is 19.7 Å². The molecule has 0 radical (unpaired) electrons. The third-order valence-electron chi connectivity index (χ3n) is 5.70. The maximum Gasteiger partial charge on any atom is 0.262 e. The van der Waals surface area contributed by atoms with Gasteiger partial charge in [0.15, 0.2) is 16.7 Å². The van der Waals surface area contributed by atoms with Crippen molar-refractivity contribution < 1.29 is 23.1 Å². The van der Waals surface area contributed by atoms with E-state index >= 15 is 0 Å². The van der Waals surface area contributed by atoms with Crippen molar-refractivity contribution in [1.29, 1.82) is 0 Å². The molecule has 2 aromatic heterocycles. The summed E-state index contributed by atoms with van der Waals surface area (Å²) in [6.07, 6.45) is 1.80. The molecule has 0 amide bonds. The van der Waals surface area contributed by atoms with Crippen molar-refractivity contribution in [2.75, 3.05) is 13.4 Å². The molecule has 0 saturated carbocycles. The summed E-state index contributed by atoms with van der Waals surface area (Å²) in [6, 6.07) is 9.38. The highest BCUT2D eigenvalue weighted by atomic mass is 32.2. The van der Waals surface area contributed by atoms with Crippen LogP contribution in [0.5, 0.6) is 11.5 Å². The number of hydrogen-bond donors (Lipinski definition) is 0. The number of benzene rings is 2. The van der Waals surface area contributed by atoms with E-state index < -0.39 is 0 Å². The number of hydrogen-bond acceptors (Lipinski definition) is 9. The lowest BCUT2D eigenvalue weighted by molar-refractivity contribution is 0.0937. The summed E-state index contributed by atoms with van der Waals surface area (Å²) in [5.41, 5.74) is 0.869. The molecule has 0 spiro atoms. The highest BCUT2D eigenvalue weighted by Gasteiger charge is 2.23. The summed E-state index contributed by atoms with van der Waals surface area (Å²) in [4.78, 5) is 22.5. The van der Waals surface area contributed by atoms with Crippen molar-refractivity contribution >= 4 is 22.7 Å². The fourth-order valence-electron chi connectivity index (χ4n) is 4.04. The van der Waals surface area contributed by atoms with Crippen LogP contribution in [-0.4, -0.2) is 39.2 Å². The van der Waals surface area contributed by atoms with Crippen LogP contribution in [0.3, 0.4) is 0 Å². The molecule has 4 heterocycles. The van der Waals surface area contributed by atoms with E-state index in [0.717, 1.165) is 12.8 Å². The van der Waals surface area contributed by atoms with Crippen LogP contribution in [0.2, 0.25) is 0 Å². The van der Waals surface area contributed by atoms with Crippen LogP contribution in [0.15, 0.2) is 50.9 Å². The zero-order chi connectivity index (χ0) is 23.1. The van der Waals surface area contributed by atoms with E-state index in [2.05, 4.69) is 10.1 Å². The van der Waals surface area contributed by atoms with Crippen LogP contribution in [0, 0.1) is 5.82 Å². The third kappa shape index (κ3) is 4.01. The first kappa shape index (κ1) is 21.1. The molecule has 0 bridgehead atoms. The molecule has 34 heavy (non-hydrogen) atoms. The second kappa shape index (κ2) is 8.73. The highest BCUT2D eigenvalue weighted by Crippen LogP contribution is 2.35. The van der Waals surface area contributed by atoms with Crippen LogP contribution in [0.25, 0.3) is 22.3 Å². The predicted octanol–water partition coefficient (Wildman–Crippen LogP) is 3.79. The van der Waals surface area contributed by atoms with Gasteiger partial charge >= 0.3 is 0 Å². The second-order valence-corrected chi connectivity index (χ2v) is 8.92. The minimum Gasteiger partial charge on any atom is -0.454 e. The molecule has 2 aliphatic rings. The molecule has 1 atom stereocenters. The average Bonchev–Trinajstić information content (AvgIpc) is 3.61. The van der Waals surface area contributed by atoms with Crippen molar-refractivity contribution in [2.45, 2.75) is 36.4 Å². The highest BCUT2D eigenvalue weighted by molar-refractivity contribution is 7.98. The summed E-state index contributed by atoms with van der Waals surface area (Å²) in [5, 5.41) is 4.91.